The number of rotatable bonds is 2. The van der Waals surface area contributed by atoms with Crippen LogP contribution in [0.25, 0.3) is 0 Å². The van der Waals surface area contributed by atoms with Crippen molar-refractivity contribution in [3.05, 3.63) is 70.8 Å². The van der Waals surface area contributed by atoms with E-state index in [1.165, 1.54) is 24.3 Å². The van der Waals surface area contributed by atoms with Gasteiger partial charge in [-0.05, 0) is 25.0 Å². The Morgan fingerprint density at radius 2 is 0.905 bits per heavy atom. The minimum atomic E-state index is -1.12. The standard InChI is InChI=1S/2C8H8O2.Zn/c2*1-6-2-4-7(5-3-6)8(9)10;/h2*2-5H,1H3,(H,9,10);/q;;+2/p-2. The van der Waals surface area contributed by atoms with Crippen molar-refractivity contribution in [1.82, 2.24) is 0 Å². The third-order valence-corrected chi connectivity index (χ3v) is 2.57. The first-order valence-electron chi connectivity index (χ1n) is 5.96. The Bertz CT molecular complexity index is 533. The average molecular weight is 336 g/mol. The first-order valence-corrected chi connectivity index (χ1v) is 5.96. The van der Waals surface area contributed by atoms with Gasteiger partial charge >= 0.3 is 19.5 Å². The van der Waals surface area contributed by atoms with Crippen molar-refractivity contribution < 1.29 is 39.3 Å². The van der Waals surface area contributed by atoms with E-state index in [1.807, 2.05) is 13.8 Å². The molecule has 2 rings (SSSR count). The van der Waals surface area contributed by atoms with Gasteiger partial charge in [0.2, 0.25) is 0 Å². The molecule has 0 aromatic heterocycles. The van der Waals surface area contributed by atoms with Gasteiger partial charge in [-0.15, -0.1) is 0 Å². The quantitative estimate of drug-likeness (QED) is 0.757. The molecule has 0 saturated carbocycles. The number of benzene rings is 2. The molecule has 0 unspecified atom stereocenters. The van der Waals surface area contributed by atoms with Crippen LogP contribution in [0.3, 0.4) is 0 Å². The van der Waals surface area contributed by atoms with Crippen LogP contribution in [0.15, 0.2) is 48.5 Å². The number of hydrogen-bond acceptors (Lipinski definition) is 4. The van der Waals surface area contributed by atoms with E-state index in [0.717, 1.165) is 11.1 Å². The molecule has 0 aliphatic heterocycles. The molecule has 4 nitrogen and oxygen atoms in total. The first kappa shape index (κ1) is 19.0. The number of carbonyl (C=O) groups excluding carboxylic acids is 2. The van der Waals surface area contributed by atoms with Gasteiger partial charge in [-0.25, -0.2) is 0 Å². The monoisotopic (exact) mass is 334 g/mol. The van der Waals surface area contributed by atoms with Crippen molar-refractivity contribution in [1.29, 1.82) is 0 Å². The van der Waals surface area contributed by atoms with Crippen LogP contribution in [0.4, 0.5) is 0 Å². The smallest absolute Gasteiger partial charge is 0.545 e. The Balaban J connectivity index is 0.000000364. The van der Waals surface area contributed by atoms with Gasteiger partial charge in [0.1, 0.15) is 0 Å². The Labute approximate surface area is 136 Å². The van der Waals surface area contributed by atoms with Crippen LogP contribution in [0.1, 0.15) is 31.8 Å². The molecule has 0 spiro atoms. The van der Waals surface area contributed by atoms with E-state index in [4.69, 9.17) is 0 Å². The molecule has 0 saturated heterocycles. The van der Waals surface area contributed by atoms with Crippen LogP contribution in [-0.2, 0) is 19.5 Å². The molecule has 0 aliphatic rings. The van der Waals surface area contributed by atoms with E-state index in [9.17, 15) is 19.8 Å². The van der Waals surface area contributed by atoms with Crippen LogP contribution < -0.4 is 10.2 Å². The summed E-state index contributed by atoms with van der Waals surface area (Å²) in [4.78, 5) is 20.4. The molecule has 0 amide bonds. The third-order valence-electron chi connectivity index (χ3n) is 2.57. The zero-order valence-electron chi connectivity index (χ0n) is 12.0. The average Bonchev–Trinajstić information content (AvgIpc) is 2.40. The van der Waals surface area contributed by atoms with Crippen LogP contribution in [0.2, 0.25) is 0 Å². The van der Waals surface area contributed by atoms with Crippen molar-refractivity contribution >= 4 is 11.9 Å². The van der Waals surface area contributed by atoms with Crippen molar-refractivity contribution in [3.8, 4) is 0 Å². The number of aromatic carboxylic acids is 2. The molecule has 0 atom stereocenters. The minimum Gasteiger partial charge on any atom is -0.545 e. The number of hydrogen-bond donors (Lipinski definition) is 0. The predicted octanol–water partition coefficient (Wildman–Crippen LogP) is 0.715. The molecular formula is C16H14O4Zn. The van der Waals surface area contributed by atoms with Gasteiger partial charge in [-0.1, -0.05) is 59.7 Å². The molecule has 0 heterocycles. The van der Waals surface area contributed by atoms with Crippen LogP contribution in [0, 0.1) is 13.8 Å². The van der Waals surface area contributed by atoms with E-state index in [2.05, 4.69) is 0 Å². The summed E-state index contributed by atoms with van der Waals surface area (Å²) in [5.74, 6) is -2.25. The molecule has 0 aliphatic carbocycles. The second-order valence-corrected chi connectivity index (χ2v) is 4.31. The van der Waals surface area contributed by atoms with Gasteiger partial charge < -0.3 is 19.8 Å². The summed E-state index contributed by atoms with van der Waals surface area (Å²) >= 11 is 0. The minimum absolute atomic E-state index is 0. The first-order chi connectivity index (χ1) is 9.40. The van der Waals surface area contributed by atoms with Crippen molar-refractivity contribution in [2.75, 3.05) is 0 Å². The van der Waals surface area contributed by atoms with E-state index in [0.29, 0.717) is 0 Å². The van der Waals surface area contributed by atoms with Gasteiger partial charge in [0, 0.05) is 0 Å². The summed E-state index contributed by atoms with van der Waals surface area (Å²) in [7, 11) is 0. The van der Waals surface area contributed by atoms with E-state index >= 15 is 0 Å². The Morgan fingerprint density at radius 1 is 0.667 bits per heavy atom. The molecule has 2 aromatic carbocycles. The molecule has 0 fully saturated rings. The van der Waals surface area contributed by atoms with Crippen LogP contribution in [0.5, 0.6) is 0 Å². The maximum Gasteiger partial charge on any atom is 2.00 e. The predicted molar refractivity (Wildman–Crippen MR) is 71.0 cm³/mol. The molecule has 104 valence electrons. The topological polar surface area (TPSA) is 80.3 Å². The second kappa shape index (κ2) is 9.03. The van der Waals surface area contributed by atoms with Crippen molar-refractivity contribution in [2.45, 2.75) is 13.8 Å². The largest absolute Gasteiger partial charge is 2.00 e. The number of carboxylic acids is 2. The molecule has 21 heavy (non-hydrogen) atoms. The van der Waals surface area contributed by atoms with Crippen molar-refractivity contribution in [3.63, 3.8) is 0 Å². The Hall–Kier alpha value is -2.00. The van der Waals surface area contributed by atoms with Gasteiger partial charge in [0.25, 0.3) is 0 Å². The summed E-state index contributed by atoms with van der Waals surface area (Å²) < 4.78 is 0. The maximum atomic E-state index is 10.2. The zero-order valence-corrected chi connectivity index (χ0v) is 14.9. The fraction of sp³-hybridized carbons (Fsp3) is 0.125. The summed E-state index contributed by atoms with van der Waals surface area (Å²) in [6.07, 6.45) is 0. The SMILES string of the molecule is Cc1ccc(C(=O)[O-])cc1.Cc1ccc(C(=O)[O-])cc1.[Zn+2]. The van der Waals surface area contributed by atoms with Crippen LogP contribution in [-0.4, -0.2) is 11.9 Å². The Morgan fingerprint density at radius 3 is 1.10 bits per heavy atom. The fourth-order valence-electron chi connectivity index (χ4n) is 1.38. The third kappa shape index (κ3) is 6.82. The maximum absolute atomic E-state index is 10.2. The molecule has 0 bridgehead atoms. The van der Waals surface area contributed by atoms with Gasteiger partial charge in [0.15, 0.2) is 0 Å². The molecule has 5 heteroatoms. The molecular weight excluding hydrogens is 322 g/mol. The summed E-state index contributed by atoms with van der Waals surface area (Å²) in [5.41, 5.74) is 2.55. The number of aryl methyl sites for hydroxylation is 2. The summed E-state index contributed by atoms with van der Waals surface area (Å²) in [6, 6.07) is 13.1. The summed E-state index contributed by atoms with van der Waals surface area (Å²) in [5, 5.41) is 20.4. The van der Waals surface area contributed by atoms with Gasteiger partial charge in [-0.2, -0.15) is 0 Å². The normalized spacial score (nSPS) is 8.86. The zero-order chi connectivity index (χ0) is 15.1. The van der Waals surface area contributed by atoms with E-state index in [1.54, 1.807) is 24.3 Å². The molecule has 0 N–H and O–H groups in total. The van der Waals surface area contributed by atoms with Crippen LogP contribution >= 0.6 is 0 Å². The fourth-order valence-corrected chi connectivity index (χ4v) is 1.38. The molecule has 0 radical (unpaired) electrons. The van der Waals surface area contributed by atoms with Crippen molar-refractivity contribution in [2.24, 2.45) is 0 Å². The van der Waals surface area contributed by atoms with E-state index < -0.39 is 11.9 Å². The van der Waals surface area contributed by atoms with Gasteiger partial charge in [-0.3, -0.25) is 0 Å². The molecule has 2 aromatic rings. The van der Waals surface area contributed by atoms with E-state index in [-0.39, 0.29) is 30.6 Å². The number of carboxylic acid groups (broad SMARTS) is 2. The van der Waals surface area contributed by atoms with Gasteiger partial charge in [0.05, 0.1) is 11.9 Å². The number of carbonyl (C=O) groups is 2. The second-order valence-electron chi connectivity index (χ2n) is 4.31. The summed E-state index contributed by atoms with van der Waals surface area (Å²) in [6.45, 7) is 3.80. The Kier molecular flexibility index (Phi) is 8.18.